The van der Waals surface area contributed by atoms with Crippen LogP contribution in [0, 0.1) is 0 Å². The highest BCUT2D eigenvalue weighted by Gasteiger charge is 2.39. The van der Waals surface area contributed by atoms with E-state index in [1.54, 1.807) is 16.0 Å². The summed E-state index contributed by atoms with van der Waals surface area (Å²) in [6.07, 6.45) is 3.60. The number of fused-ring (bicyclic) bond motifs is 1. The molecule has 0 spiro atoms. The zero-order valence-electron chi connectivity index (χ0n) is 15.1. The molecule has 0 unspecified atom stereocenters. The molecule has 0 bridgehead atoms. The SMILES string of the molecule is CN1CCN2CCN(C(=O)c3ccccc3-c3nccn3C)C[C@@H]2C1=O. The summed E-state index contributed by atoms with van der Waals surface area (Å²) in [5.74, 6) is 0.830. The summed E-state index contributed by atoms with van der Waals surface area (Å²) in [6, 6.07) is 7.32. The van der Waals surface area contributed by atoms with Crippen molar-refractivity contribution in [3.05, 3.63) is 42.2 Å². The second kappa shape index (κ2) is 6.57. The van der Waals surface area contributed by atoms with Gasteiger partial charge in [-0.25, -0.2) is 4.98 Å². The minimum atomic E-state index is -0.230. The van der Waals surface area contributed by atoms with Gasteiger partial charge in [0.2, 0.25) is 5.91 Å². The number of carbonyl (C=O) groups is 2. The van der Waals surface area contributed by atoms with E-state index in [0.29, 0.717) is 18.7 Å². The average molecular weight is 353 g/mol. The molecule has 2 amide bonds. The molecule has 7 nitrogen and oxygen atoms in total. The van der Waals surface area contributed by atoms with Gasteiger partial charge in [0.15, 0.2) is 0 Å². The molecule has 1 aromatic heterocycles. The summed E-state index contributed by atoms with van der Waals surface area (Å²) in [5, 5.41) is 0. The number of nitrogens with zero attached hydrogens (tertiary/aromatic N) is 5. The summed E-state index contributed by atoms with van der Waals surface area (Å²) in [7, 11) is 3.75. The Hall–Kier alpha value is -2.67. The maximum absolute atomic E-state index is 13.2. The summed E-state index contributed by atoms with van der Waals surface area (Å²) >= 11 is 0. The van der Waals surface area contributed by atoms with Crippen LogP contribution in [0.15, 0.2) is 36.7 Å². The van der Waals surface area contributed by atoms with Crippen LogP contribution in [-0.2, 0) is 11.8 Å². The van der Waals surface area contributed by atoms with Gasteiger partial charge in [-0.15, -0.1) is 0 Å². The Morgan fingerprint density at radius 2 is 1.88 bits per heavy atom. The number of aryl methyl sites for hydroxylation is 1. The van der Waals surface area contributed by atoms with E-state index in [2.05, 4.69) is 9.88 Å². The van der Waals surface area contributed by atoms with Crippen molar-refractivity contribution in [1.82, 2.24) is 24.3 Å². The van der Waals surface area contributed by atoms with Crippen LogP contribution in [0.5, 0.6) is 0 Å². The largest absolute Gasteiger partial charge is 0.343 e. The molecule has 0 N–H and O–H groups in total. The van der Waals surface area contributed by atoms with Gasteiger partial charge >= 0.3 is 0 Å². The van der Waals surface area contributed by atoms with E-state index >= 15 is 0 Å². The van der Waals surface area contributed by atoms with Gasteiger partial charge in [-0.2, -0.15) is 0 Å². The van der Waals surface area contributed by atoms with E-state index in [1.165, 1.54) is 0 Å². The highest BCUT2D eigenvalue weighted by Crippen LogP contribution is 2.25. The normalized spacial score (nSPS) is 21.0. The average Bonchev–Trinajstić information content (AvgIpc) is 3.10. The zero-order chi connectivity index (χ0) is 18.3. The molecule has 3 heterocycles. The first-order valence-corrected chi connectivity index (χ1v) is 8.91. The summed E-state index contributed by atoms with van der Waals surface area (Å²) in [4.78, 5) is 35.9. The highest BCUT2D eigenvalue weighted by molar-refractivity contribution is 6.00. The lowest BCUT2D eigenvalue weighted by Gasteiger charge is -2.45. The molecule has 1 atom stereocenters. The smallest absolute Gasteiger partial charge is 0.254 e. The Labute approximate surface area is 152 Å². The molecule has 2 aliphatic rings. The third-order valence-corrected chi connectivity index (χ3v) is 5.38. The maximum atomic E-state index is 13.2. The first-order valence-electron chi connectivity index (χ1n) is 8.91. The van der Waals surface area contributed by atoms with E-state index in [4.69, 9.17) is 0 Å². The lowest BCUT2D eigenvalue weighted by Crippen LogP contribution is -2.64. The van der Waals surface area contributed by atoms with Crippen molar-refractivity contribution in [1.29, 1.82) is 0 Å². The number of hydrogen-bond donors (Lipinski definition) is 0. The fourth-order valence-electron chi connectivity index (χ4n) is 3.81. The molecule has 2 fully saturated rings. The molecule has 4 rings (SSSR count). The maximum Gasteiger partial charge on any atom is 0.254 e. The zero-order valence-corrected chi connectivity index (χ0v) is 15.1. The highest BCUT2D eigenvalue weighted by atomic mass is 16.2. The molecule has 1 aromatic carbocycles. The van der Waals surface area contributed by atoms with Gasteiger partial charge in [0, 0.05) is 64.8 Å². The molecular formula is C19H23N5O2. The number of hydrogen-bond acceptors (Lipinski definition) is 4. The summed E-state index contributed by atoms with van der Waals surface area (Å²) in [6.45, 7) is 3.45. The van der Waals surface area contributed by atoms with E-state index in [-0.39, 0.29) is 17.9 Å². The minimum Gasteiger partial charge on any atom is -0.343 e. The second-order valence-corrected chi connectivity index (χ2v) is 6.97. The van der Waals surface area contributed by atoms with Crippen molar-refractivity contribution in [2.24, 2.45) is 7.05 Å². The quantitative estimate of drug-likeness (QED) is 0.797. The van der Waals surface area contributed by atoms with Crippen molar-refractivity contribution >= 4 is 11.8 Å². The Balaban J connectivity index is 1.61. The van der Waals surface area contributed by atoms with E-state index in [1.807, 2.05) is 49.1 Å². The van der Waals surface area contributed by atoms with Crippen LogP contribution in [-0.4, -0.2) is 81.9 Å². The van der Waals surface area contributed by atoms with Gasteiger partial charge in [0.05, 0.1) is 5.56 Å². The Bertz CT molecular complexity index is 846. The lowest BCUT2D eigenvalue weighted by molar-refractivity contribution is -0.142. The van der Waals surface area contributed by atoms with Gasteiger partial charge < -0.3 is 14.4 Å². The molecular weight excluding hydrogens is 330 g/mol. The van der Waals surface area contributed by atoms with Crippen molar-refractivity contribution in [2.75, 3.05) is 39.8 Å². The van der Waals surface area contributed by atoms with Gasteiger partial charge in [-0.05, 0) is 6.07 Å². The molecule has 2 saturated heterocycles. The van der Waals surface area contributed by atoms with Crippen LogP contribution in [0.2, 0.25) is 0 Å². The Morgan fingerprint density at radius 3 is 2.65 bits per heavy atom. The molecule has 7 heteroatoms. The van der Waals surface area contributed by atoms with Crippen molar-refractivity contribution < 1.29 is 9.59 Å². The summed E-state index contributed by atoms with van der Waals surface area (Å²) in [5.41, 5.74) is 1.45. The minimum absolute atomic E-state index is 0.0377. The molecule has 0 radical (unpaired) electrons. The van der Waals surface area contributed by atoms with Gasteiger partial charge in [-0.1, -0.05) is 18.2 Å². The number of benzene rings is 1. The molecule has 26 heavy (non-hydrogen) atoms. The summed E-state index contributed by atoms with van der Waals surface area (Å²) < 4.78 is 1.91. The third-order valence-electron chi connectivity index (χ3n) is 5.38. The van der Waals surface area contributed by atoms with Crippen LogP contribution in [0.4, 0.5) is 0 Å². The van der Waals surface area contributed by atoms with Crippen LogP contribution >= 0.6 is 0 Å². The predicted octanol–water partition coefficient (Wildman–Crippen LogP) is 0.685. The number of piperazine rings is 2. The predicted molar refractivity (Wildman–Crippen MR) is 97.5 cm³/mol. The monoisotopic (exact) mass is 353 g/mol. The van der Waals surface area contributed by atoms with Crippen molar-refractivity contribution in [3.8, 4) is 11.4 Å². The van der Waals surface area contributed by atoms with Crippen LogP contribution in [0.25, 0.3) is 11.4 Å². The first kappa shape index (κ1) is 16.8. The number of imidazole rings is 1. The Morgan fingerprint density at radius 1 is 1.12 bits per heavy atom. The standard InChI is InChI=1S/C19H23N5O2/c1-21-8-7-20-17(21)14-5-3-4-6-15(14)18(25)24-12-11-23-10-9-22(2)19(26)16(23)13-24/h3-8,16H,9-13H2,1-2H3/t16-/m1/s1. The molecule has 0 aliphatic carbocycles. The van der Waals surface area contributed by atoms with Crippen molar-refractivity contribution in [2.45, 2.75) is 6.04 Å². The van der Waals surface area contributed by atoms with E-state index < -0.39 is 0 Å². The lowest BCUT2D eigenvalue weighted by atomic mass is 10.0. The third kappa shape index (κ3) is 2.78. The first-order chi connectivity index (χ1) is 12.6. The molecule has 0 saturated carbocycles. The number of likely N-dealkylation sites (N-methyl/N-ethyl adjacent to an activating group) is 1. The fourth-order valence-corrected chi connectivity index (χ4v) is 3.81. The van der Waals surface area contributed by atoms with Crippen LogP contribution in [0.3, 0.4) is 0 Å². The fraction of sp³-hybridized carbons (Fsp3) is 0.421. The Kier molecular flexibility index (Phi) is 4.24. The van der Waals surface area contributed by atoms with Crippen LogP contribution < -0.4 is 0 Å². The molecule has 136 valence electrons. The molecule has 2 aliphatic heterocycles. The van der Waals surface area contributed by atoms with Crippen LogP contribution in [0.1, 0.15) is 10.4 Å². The van der Waals surface area contributed by atoms with Gasteiger partial charge in [-0.3, -0.25) is 14.5 Å². The second-order valence-electron chi connectivity index (χ2n) is 6.97. The number of rotatable bonds is 2. The van der Waals surface area contributed by atoms with Gasteiger partial charge in [0.25, 0.3) is 5.91 Å². The molecule has 2 aromatic rings. The number of amides is 2. The van der Waals surface area contributed by atoms with E-state index in [0.717, 1.165) is 31.0 Å². The topological polar surface area (TPSA) is 61.7 Å². The van der Waals surface area contributed by atoms with Crippen molar-refractivity contribution in [3.63, 3.8) is 0 Å². The number of aromatic nitrogens is 2. The number of carbonyl (C=O) groups excluding carboxylic acids is 2. The van der Waals surface area contributed by atoms with E-state index in [9.17, 15) is 9.59 Å². The van der Waals surface area contributed by atoms with Gasteiger partial charge in [0.1, 0.15) is 11.9 Å².